The molecule has 0 radical (unpaired) electrons. The van der Waals surface area contributed by atoms with E-state index in [0.717, 1.165) is 17.4 Å². The molecular formula is C22H27FN4O3S2. The van der Waals surface area contributed by atoms with Gasteiger partial charge in [0.15, 0.2) is 5.13 Å². The van der Waals surface area contributed by atoms with E-state index in [1.807, 2.05) is 13.8 Å². The van der Waals surface area contributed by atoms with Gasteiger partial charge in [-0.05, 0) is 49.5 Å². The fraction of sp³-hybridized carbons (Fsp3) is 0.364. The molecule has 0 saturated heterocycles. The number of carbonyl (C=O) groups excluding carboxylic acids is 1. The number of thiazole rings is 1. The van der Waals surface area contributed by atoms with Gasteiger partial charge in [-0.2, -0.15) is 0 Å². The molecule has 0 N–H and O–H groups in total. The van der Waals surface area contributed by atoms with Crippen molar-refractivity contribution in [2.45, 2.75) is 18.7 Å². The minimum Gasteiger partial charge on any atom is -0.302 e. The Morgan fingerprint density at radius 1 is 1.03 bits per heavy atom. The van der Waals surface area contributed by atoms with Crippen LogP contribution in [0.25, 0.3) is 10.2 Å². The summed E-state index contributed by atoms with van der Waals surface area (Å²) in [5.74, 6) is -0.746. The Balaban J connectivity index is 1.96. The normalized spacial score (nSPS) is 12.1. The molecule has 0 saturated carbocycles. The van der Waals surface area contributed by atoms with Gasteiger partial charge >= 0.3 is 0 Å². The molecule has 2 aromatic carbocycles. The average molecular weight is 479 g/mol. The molecule has 1 amide bonds. The molecule has 0 bridgehead atoms. The van der Waals surface area contributed by atoms with Gasteiger partial charge < -0.3 is 4.90 Å². The second-order valence-electron chi connectivity index (χ2n) is 7.38. The van der Waals surface area contributed by atoms with Gasteiger partial charge in [-0.3, -0.25) is 9.69 Å². The number of carbonyl (C=O) groups is 1. The number of hydrogen-bond acceptors (Lipinski definition) is 6. The molecule has 0 aliphatic rings. The number of sulfonamides is 1. The Kier molecular flexibility index (Phi) is 7.60. The largest absolute Gasteiger partial charge is 0.302 e. The van der Waals surface area contributed by atoms with Crippen LogP contribution in [0.2, 0.25) is 0 Å². The molecule has 1 aromatic heterocycles. The zero-order valence-electron chi connectivity index (χ0n) is 18.6. The quantitative estimate of drug-likeness (QED) is 0.469. The summed E-state index contributed by atoms with van der Waals surface area (Å²) in [7, 11) is -0.684. The topological polar surface area (TPSA) is 73.8 Å². The molecule has 172 valence electrons. The lowest BCUT2D eigenvalue weighted by Gasteiger charge is -2.24. The van der Waals surface area contributed by atoms with Crippen molar-refractivity contribution in [3.63, 3.8) is 0 Å². The van der Waals surface area contributed by atoms with Crippen LogP contribution in [0.15, 0.2) is 47.4 Å². The number of halogens is 1. The smallest absolute Gasteiger partial charge is 0.260 e. The fourth-order valence-corrected chi connectivity index (χ4v) is 5.13. The van der Waals surface area contributed by atoms with Crippen LogP contribution in [0.3, 0.4) is 0 Å². The standard InChI is InChI=1S/C22H27FN4O3S2/c1-5-26(6-2)14-15-27(22-24-20-18(23)8-7-9-19(20)31-22)21(28)16-10-12-17(13-11-16)32(29,30)25(3)4/h7-13H,5-6,14-15H2,1-4H3. The monoisotopic (exact) mass is 478 g/mol. The van der Waals surface area contributed by atoms with Gasteiger partial charge in [0, 0.05) is 32.7 Å². The summed E-state index contributed by atoms with van der Waals surface area (Å²) in [6.07, 6.45) is 0. The van der Waals surface area contributed by atoms with Crippen LogP contribution in [-0.4, -0.2) is 68.8 Å². The molecule has 0 aliphatic carbocycles. The molecule has 10 heteroatoms. The van der Waals surface area contributed by atoms with Crippen LogP contribution in [0.4, 0.5) is 9.52 Å². The van der Waals surface area contributed by atoms with E-state index in [1.165, 1.54) is 60.7 Å². The van der Waals surface area contributed by atoms with Crippen LogP contribution in [0.1, 0.15) is 24.2 Å². The molecule has 1 heterocycles. The number of nitrogens with zero attached hydrogens (tertiary/aromatic N) is 4. The Morgan fingerprint density at radius 2 is 1.69 bits per heavy atom. The third-order valence-corrected chi connectivity index (χ3v) is 8.12. The van der Waals surface area contributed by atoms with Gasteiger partial charge in [0.25, 0.3) is 5.91 Å². The SMILES string of the molecule is CCN(CC)CCN(C(=O)c1ccc(S(=O)(=O)N(C)C)cc1)c1nc2c(F)cccc2s1. The van der Waals surface area contributed by atoms with E-state index in [9.17, 15) is 17.6 Å². The highest BCUT2D eigenvalue weighted by Crippen LogP contribution is 2.31. The van der Waals surface area contributed by atoms with E-state index in [2.05, 4.69) is 9.88 Å². The number of benzene rings is 2. The number of anilines is 1. The number of aromatic nitrogens is 1. The number of para-hydroxylation sites is 1. The summed E-state index contributed by atoms with van der Waals surface area (Å²) >= 11 is 1.25. The number of likely N-dealkylation sites (N-methyl/N-ethyl adjacent to an activating group) is 1. The zero-order valence-corrected chi connectivity index (χ0v) is 20.2. The average Bonchev–Trinajstić information content (AvgIpc) is 3.22. The molecule has 0 spiro atoms. The van der Waals surface area contributed by atoms with Crippen LogP contribution >= 0.6 is 11.3 Å². The van der Waals surface area contributed by atoms with E-state index < -0.39 is 15.8 Å². The van der Waals surface area contributed by atoms with E-state index in [-0.39, 0.29) is 16.3 Å². The molecule has 0 unspecified atom stereocenters. The number of hydrogen-bond donors (Lipinski definition) is 0. The minimum absolute atomic E-state index is 0.107. The van der Waals surface area contributed by atoms with E-state index in [1.54, 1.807) is 12.1 Å². The van der Waals surface area contributed by atoms with Crippen molar-refractivity contribution >= 4 is 42.6 Å². The highest BCUT2D eigenvalue weighted by atomic mass is 32.2. The predicted octanol–water partition coefficient (Wildman–Crippen LogP) is 3.67. The Labute approximate surface area is 192 Å². The first-order valence-electron chi connectivity index (χ1n) is 10.3. The van der Waals surface area contributed by atoms with E-state index >= 15 is 0 Å². The van der Waals surface area contributed by atoms with Crippen molar-refractivity contribution in [3.8, 4) is 0 Å². The summed E-state index contributed by atoms with van der Waals surface area (Å²) in [6, 6.07) is 10.6. The third kappa shape index (κ3) is 4.98. The maximum Gasteiger partial charge on any atom is 0.260 e. The van der Waals surface area contributed by atoms with Crippen molar-refractivity contribution in [2.75, 3.05) is 45.2 Å². The van der Waals surface area contributed by atoms with Crippen molar-refractivity contribution in [1.82, 2.24) is 14.2 Å². The van der Waals surface area contributed by atoms with Crippen LogP contribution in [0, 0.1) is 5.82 Å². The second kappa shape index (κ2) is 10.0. The van der Waals surface area contributed by atoms with Gasteiger partial charge in [0.1, 0.15) is 11.3 Å². The number of rotatable bonds is 9. The highest BCUT2D eigenvalue weighted by Gasteiger charge is 2.24. The van der Waals surface area contributed by atoms with Crippen molar-refractivity contribution < 1.29 is 17.6 Å². The number of fused-ring (bicyclic) bond motifs is 1. The fourth-order valence-electron chi connectivity index (χ4n) is 3.22. The molecule has 3 aromatic rings. The summed E-state index contributed by atoms with van der Waals surface area (Å²) in [5.41, 5.74) is 0.572. The first kappa shape index (κ1) is 24.2. The molecule has 32 heavy (non-hydrogen) atoms. The van der Waals surface area contributed by atoms with Crippen molar-refractivity contribution in [2.24, 2.45) is 0 Å². The first-order valence-corrected chi connectivity index (χ1v) is 12.6. The Hall–Kier alpha value is -2.40. The highest BCUT2D eigenvalue weighted by molar-refractivity contribution is 7.89. The van der Waals surface area contributed by atoms with Crippen LogP contribution in [-0.2, 0) is 10.0 Å². The third-order valence-electron chi connectivity index (χ3n) is 5.25. The van der Waals surface area contributed by atoms with Crippen molar-refractivity contribution in [3.05, 3.63) is 53.8 Å². The number of amides is 1. The summed E-state index contributed by atoms with van der Waals surface area (Å²) in [4.78, 5) is 21.6. The summed E-state index contributed by atoms with van der Waals surface area (Å²) < 4.78 is 40.6. The predicted molar refractivity (Wildman–Crippen MR) is 126 cm³/mol. The van der Waals surface area contributed by atoms with Crippen LogP contribution in [0.5, 0.6) is 0 Å². The molecule has 0 fully saturated rings. The molecule has 3 rings (SSSR count). The van der Waals surface area contributed by atoms with Gasteiger partial charge in [-0.25, -0.2) is 22.1 Å². The lowest BCUT2D eigenvalue weighted by atomic mass is 10.2. The van der Waals surface area contributed by atoms with E-state index in [4.69, 9.17) is 0 Å². The molecule has 0 atom stereocenters. The summed E-state index contributed by atoms with van der Waals surface area (Å²) in [5, 5.41) is 0.409. The van der Waals surface area contributed by atoms with Gasteiger partial charge in [0.05, 0.1) is 9.60 Å². The minimum atomic E-state index is -3.59. The van der Waals surface area contributed by atoms with Gasteiger partial charge in [-0.1, -0.05) is 31.3 Å². The molecule has 0 aliphatic heterocycles. The van der Waals surface area contributed by atoms with Gasteiger partial charge in [0.2, 0.25) is 10.0 Å². The lowest BCUT2D eigenvalue weighted by molar-refractivity contribution is 0.0983. The first-order chi connectivity index (χ1) is 15.2. The maximum absolute atomic E-state index is 14.2. The summed E-state index contributed by atoms with van der Waals surface area (Å²) in [6.45, 7) is 6.78. The van der Waals surface area contributed by atoms with Crippen molar-refractivity contribution in [1.29, 1.82) is 0 Å². The van der Waals surface area contributed by atoms with Gasteiger partial charge in [-0.15, -0.1) is 0 Å². The molecular weight excluding hydrogens is 451 g/mol. The molecule has 7 nitrogen and oxygen atoms in total. The van der Waals surface area contributed by atoms with E-state index in [0.29, 0.717) is 28.5 Å². The second-order valence-corrected chi connectivity index (χ2v) is 10.5. The Morgan fingerprint density at radius 3 is 2.25 bits per heavy atom. The maximum atomic E-state index is 14.2. The van der Waals surface area contributed by atoms with Crippen LogP contribution < -0.4 is 4.90 Å². The Bertz CT molecular complexity index is 1190. The lowest BCUT2D eigenvalue weighted by Crippen LogP contribution is -2.38. The zero-order chi connectivity index (χ0) is 23.5.